The Hall–Kier alpha value is -2.21. The Labute approximate surface area is 123 Å². The molecule has 0 amide bonds. The van der Waals surface area contributed by atoms with Crippen LogP contribution in [0.5, 0.6) is 0 Å². The largest absolute Gasteiger partial charge is 0.295 e. The van der Waals surface area contributed by atoms with E-state index in [0.717, 1.165) is 22.5 Å². The highest BCUT2D eigenvalue weighted by Gasteiger charge is 2.14. The highest BCUT2D eigenvalue weighted by atomic mass is 79.9. The molecule has 0 saturated heterocycles. The van der Waals surface area contributed by atoms with Crippen molar-refractivity contribution in [1.82, 2.24) is 9.55 Å². The molecule has 5 nitrogen and oxygen atoms in total. The van der Waals surface area contributed by atoms with Gasteiger partial charge in [-0.1, -0.05) is 12.1 Å². The summed E-state index contributed by atoms with van der Waals surface area (Å²) in [6.45, 7) is 1.91. The van der Waals surface area contributed by atoms with Crippen LogP contribution < -0.4 is 0 Å². The normalized spacial score (nSPS) is 10.9. The number of nitro groups is 1. The minimum atomic E-state index is -0.409. The maximum Gasteiger partial charge on any atom is 0.270 e. The molecular formula is C14H10BrN3O2. The first-order chi connectivity index (χ1) is 9.58. The Kier molecular flexibility index (Phi) is 3.02. The molecule has 3 rings (SSSR count). The van der Waals surface area contributed by atoms with Crippen molar-refractivity contribution < 1.29 is 4.92 Å². The number of imidazole rings is 1. The predicted molar refractivity (Wildman–Crippen MR) is 80.2 cm³/mol. The second kappa shape index (κ2) is 4.72. The molecule has 0 spiro atoms. The highest BCUT2D eigenvalue weighted by Crippen LogP contribution is 2.29. The number of rotatable bonds is 2. The molecule has 0 saturated carbocycles. The first-order valence-corrected chi connectivity index (χ1v) is 6.75. The van der Waals surface area contributed by atoms with E-state index in [-0.39, 0.29) is 5.69 Å². The molecule has 0 aliphatic carbocycles. The molecule has 3 aromatic rings. The average molecular weight is 332 g/mol. The van der Waals surface area contributed by atoms with Gasteiger partial charge in [0.2, 0.25) is 0 Å². The minimum absolute atomic E-state index is 0.0581. The lowest BCUT2D eigenvalue weighted by Crippen LogP contribution is -1.99. The Morgan fingerprint density at radius 1 is 1.25 bits per heavy atom. The molecule has 20 heavy (non-hydrogen) atoms. The summed E-state index contributed by atoms with van der Waals surface area (Å²) >= 11 is 3.40. The fourth-order valence-corrected chi connectivity index (χ4v) is 2.79. The van der Waals surface area contributed by atoms with Gasteiger partial charge in [0.1, 0.15) is 5.82 Å². The maximum absolute atomic E-state index is 10.8. The molecule has 0 fully saturated rings. The topological polar surface area (TPSA) is 61.0 Å². The molecule has 0 atom stereocenters. The number of fused-ring (bicyclic) bond motifs is 1. The zero-order chi connectivity index (χ0) is 14.3. The number of benzene rings is 2. The van der Waals surface area contributed by atoms with Crippen LogP contribution in [0, 0.1) is 17.0 Å². The Morgan fingerprint density at radius 2 is 2.00 bits per heavy atom. The monoisotopic (exact) mass is 331 g/mol. The molecule has 0 N–H and O–H groups in total. The number of hydrogen-bond donors (Lipinski definition) is 0. The number of para-hydroxylation sites is 2. The van der Waals surface area contributed by atoms with Crippen LogP contribution >= 0.6 is 15.9 Å². The van der Waals surface area contributed by atoms with Crippen molar-refractivity contribution in [1.29, 1.82) is 0 Å². The van der Waals surface area contributed by atoms with Crippen molar-refractivity contribution >= 4 is 32.7 Å². The van der Waals surface area contributed by atoms with E-state index in [1.54, 1.807) is 6.07 Å². The summed E-state index contributed by atoms with van der Waals surface area (Å²) in [7, 11) is 0. The molecule has 2 aromatic carbocycles. The number of nitrogens with zero attached hydrogens (tertiary/aromatic N) is 3. The van der Waals surface area contributed by atoms with E-state index in [4.69, 9.17) is 0 Å². The number of nitro benzene ring substituents is 1. The number of hydrogen-bond acceptors (Lipinski definition) is 3. The lowest BCUT2D eigenvalue weighted by molar-refractivity contribution is -0.384. The standard InChI is InChI=1S/C14H10BrN3O2/c1-9-16-12-4-2-3-5-14(12)17(9)13-7-6-10(18(19)20)8-11(13)15/h2-8H,1H3. The Bertz CT molecular complexity index is 826. The zero-order valence-electron chi connectivity index (χ0n) is 10.6. The molecular weight excluding hydrogens is 322 g/mol. The van der Waals surface area contributed by atoms with Gasteiger partial charge in [-0.25, -0.2) is 4.98 Å². The van der Waals surface area contributed by atoms with Gasteiger partial charge in [-0.15, -0.1) is 0 Å². The van der Waals surface area contributed by atoms with Crippen LogP contribution in [0.3, 0.4) is 0 Å². The number of aromatic nitrogens is 2. The average Bonchev–Trinajstić information content (AvgIpc) is 2.74. The van der Waals surface area contributed by atoms with E-state index in [1.807, 2.05) is 35.8 Å². The summed E-state index contributed by atoms with van der Waals surface area (Å²) in [6.07, 6.45) is 0. The summed E-state index contributed by atoms with van der Waals surface area (Å²) in [5.41, 5.74) is 2.76. The first kappa shape index (κ1) is 12.8. The summed E-state index contributed by atoms with van der Waals surface area (Å²) in [5.74, 6) is 0.834. The van der Waals surface area contributed by atoms with E-state index in [2.05, 4.69) is 20.9 Å². The van der Waals surface area contributed by atoms with Crippen LogP contribution in [-0.4, -0.2) is 14.5 Å². The fourth-order valence-electron chi connectivity index (χ4n) is 2.24. The van der Waals surface area contributed by atoms with Gasteiger partial charge in [-0.2, -0.15) is 0 Å². The van der Waals surface area contributed by atoms with E-state index in [0.29, 0.717) is 4.47 Å². The van der Waals surface area contributed by atoms with Gasteiger partial charge in [0.05, 0.1) is 21.6 Å². The van der Waals surface area contributed by atoms with Gasteiger partial charge in [-0.3, -0.25) is 14.7 Å². The smallest absolute Gasteiger partial charge is 0.270 e. The van der Waals surface area contributed by atoms with E-state index >= 15 is 0 Å². The Morgan fingerprint density at radius 3 is 2.70 bits per heavy atom. The second-order valence-corrected chi connectivity index (χ2v) is 5.23. The van der Waals surface area contributed by atoms with Crippen molar-refractivity contribution in [2.24, 2.45) is 0 Å². The molecule has 0 aliphatic rings. The van der Waals surface area contributed by atoms with Crippen LogP contribution in [0.2, 0.25) is 0 Å². The van der Waals surface area contributed by atoms with Crippen molar-refractivity contribution in [3.63, 3.8) is 0 Å². The highest BCUT2D eigenvalue weighted by molar-refractivity contribution is 9.10. The molecule has 1 aromatic heterocycles. The van der Waals surface area contributed by atoms with Crippen molar-refractivity contribution in [3.8, 4) is 5.69 Å². The molecule has 0 radical (unpaired) electrons. The van der Waals surface area contributed by atoms with Gasteiger partial charge in [0.25, 0.3) is 5.69 Å². The third-order valence-corrected chi connectivity index (χ3v) is 3.75. The molecule has 0 aliphatic heterocycles. The SMILES string of the molecule is Cc1nc2ccccc2n1-c1ccc([N+](=O)[O-])cc1Br. The summed E-state index contributed by atoms with van der Waals surface area (Å²) in [4.78, 5) is 14.9. The van der Waals surface area contributed by atoms with Crippen molar-refractivity contribution in [2.45, 2.75) is 6.92 Å². The third kappa shape index (κ3) is 1.98. The second-order valence-electron chi connectivity index (χ2n) is 4.38. The quantitative estimate of drug-likeness (QED) is 0.526. The number of aryl methyl sites for hydroxylation is 1. The lowest BCUT2D eigenvalue weighted by atomic mass is 10.2. The van der Waals surface area contributed by atoms with Crippen LogP contribution in [0.1, 0.15) is 5.82 Å². The molecule has 1 heterocycles. The van der Waals surface area contributed by atoms with Crippen LogP contribution in [-0.2, 0) is 0 Å². The van der Waals surface area contributed by atoms with Gasteiger partial charge in [0, 0.05) is 16.6 Å². The van der Waals surface area contributed by atoms with Gasteiger partial charge in [0.15, 0.2) is 0 Å². The maximum atomic E-state index is 10.8. The first-order valence-electron chi connectivity index (χ1n) is 5.96. The van der Waals surface area contributed by atoms with E-state index in [9.17, 15) is 10.1 Å². The van der Waals surface area contributed by atoms with Gasteiger partial charge in [-0.05, 0) is 41.1 Å². The van der Waals surface area contributed by atoms with Gasteiger partial charge < -0.3 is 0 Å². The van der Waals surface area contributed by atoms with Crippen LogP contribution in [0.4, 0.5) is 5.69 Å². The number of non-ortho nitro benzene ring substituents is 1. The fraction of sp³-hybridized carbons (Fsp3) is 0.0714. The van der Waals surface area contributed by atoms with Crippen LogP contribution in [0.15, 0.2) is 46.9 Å². The molecule has 100 valence electrons. The van der Waals surface area contributed by atoms with E-state index in [1.165, 1.54) is 12.1 Å². The minimum Gasteiger partial charge on any atom is -0.295 e. The van der Waals surface area contributed by atoms with Crippen LogP contribution in [0.25, 0.3) is 16.7 Å². The lowest BCUT2D eigenvalue weighted by Gasteiger charge is -2.09. The van der Waals surface area contributed by atoms with Crippen molar-refractivity contribution in [3.05, 3.63) is 62.9 Å². The summed E-state index contributed by atoms with van der Waals surface area (Å²) in [5, 5.41) is 10.8. The Balaban J connectivity index is 2.26. The summed E-state index contributed by atoms with van der Waals surface area (Å²) < 4.78 is 2.64. The summed E-state index contributed by atoms with van der Waals surface area (Å²) in [6, 6.07) is 12.5. The molecule has 0 unspecified atom stereocenters. The zero-order valence-corrected chi connectivity index (χ0v) is 12.2. The van der Waals surface area contributed by atoms with Gasteiger partial charge >= 0.3 is 0 Å². The van der Waals surface area contributed by atoms with E-state index < -0.39 is 4.92 Å². The molecule has 0 bridgehead atoms. The predicted octanol–water partition coefficient (Wildman–Crippen LogP) is 4.00. The van der Waals surface area contributed by atoms with Crippen molar-refractivity contribution in [2.75, 3.05) is 0 Å². The number of halogens is 1. The molecule has 6 heteroatoms. The third-order valence-electron chi connectivity index (χ3n) is 3.11.